The molecule has 0 N–H and O–H groups in total. The Morgan fingerprint density at radius 3 is 2.71 bits per heavy atom. The monoisotopic (exact) mass is 184 g/mol. The minimum atomic E-state index is -0.0234. The second-order valence-corrected chi connectivity index (χ2v) is 3.14. The molecule has 2 heteroatoms. The zero-order valence-electron chi connectivity index (χ0n) is 7.90. The molecule has 0 atom stereocenters. The summed E-state index contributed by atoms with van der Waals surface area (Å²) >= 11 is 0. The Labute approximate surface area is 82.4 Å². The van der Waals surface area contributed by atoms with Gasteiger partial charge in [0.05, 0.1) is 0 Å². The number of nitrogens with zero attached hydrogens (tertiary/aromatic N) is 1. The molecule has 1 aromatic carbocycles. The topological polar surface area (TPSA) is 22.0 Å². The van der Waals surface area contributed by atoms with Crippen molar-refractivity contribution in [2.45, 2.75) is 6.92 Å². The van der Waals surface area contributed by atoms with Crippen LogP contribution in [0.3, 0.4) is 0 Å². The summed E-state index contributed by atoms with van der Waals surface area (Å²) in [5, 5.41) is 0. The fourth-order valence-electron chi connectivity index (χ4n) is 1.28. The highest BCUT2D eigenvalue weighted by atomic mass is 16.1. The van der Waals surface area contributed by atoms with Gasteiger partial charge in [0, 0.05) is 18.0 Å². The van der Waals surface area contributed by atoms with E-state index in [1.54, 1.807) is 22.9 Å². The molecule has 0 aliphatic heterocycles. The average molecular weight is 184 g/mol. The number of hydrogen-bond acceptors (Lipinski definition) is 1. The van der Waals surface area contributed by atoms with E-state index in [2.05, 4.69) is 6.07 Å². The van der Waals surface area contributed by atoms with Gasteiger partial charge in [-0.25, -0.2) is 0 Å². The molecule has 0 bridgehead atoms. The lowest BCUT2D eigenvalue weighted by atomic mass is 10.2. The number of rotatable bonds is 1. The maximum Gasteiger partial charge on any atom is 0.255 e. The molecule has 0 unspecified atom stereocenters. The van der Waals surface area contributed by atoms with Crippen molar-refractivity contribution in [1.29, 1.82) is 0 Å². The molecule has 69 valence electrons. The Balaban J connectivity index is 2.56. The molecule has 1 aromatic heterocycles. The van der Waals surface area contributed by atoms with Gasteiger partial charge in [0.25, 0.3) is 5.56 Å². The van der Waals surface area contributed by atoms with Crippen molar-refractivity contribution < 1.29 is 0 Å². The van der Waals surface area contributed by atoms with E-state index in [-0.39, 0.29) is 5.56 Å². The standard InChI is InChI=1S/C12H10NO/c1-10-5-7-11(8-6-10)13-9-3-2-4-12(13)14/h2-5,7-9H,1H3. The summed E-state index contributed by atoms with van der Waals surface area (Å²) in [6.45, 7) is 1.97. The van der Waals surface area contributed by atoms with E-state index in [0.29, 0.717) is 0 Å². The minimum Gasteiger partial charge on any atom is -0.284 e. The number of pyridine rings is 1. The molecule has 0 fully saturated rings. The van der Waals surface area contributed by atoms with Crippen LogP contribution in [0.5, 0.6) is 0 Å². The molecule has 1 heterocycles. The van der Waals surface area contributed by atoms with E-state index in [4.69, 9.17) is 0 Å². The highest BCUT2D eigenvalue weighted by molar-refractivity contribution is 5.33. The molecule has 0 aliphatic carbocycles. The molecule has 0 amide bonds. The third-order valence-electron chi connectivity index (χ3n) is 2.05. The Bertz CT molecular complexity index is 482. The third kappa shape index (κ3) is 1.59. The normalized spacial score (nSPS) is 10.1. The van der Waals surface area contributed by atoms with E-state index < -0.39 is 0 Å². The highest BCUT2D eigenvalue weighted by Crippen LogP contribution is 2.05. The number of hydrogen-bond donors (Lipinski definition) is 0. The first-order valence-electron chi connectivity index (χ1n) is 4.44. The maximum atomic E-state index is 11.5. The summed E-state index contributed by atoms with van der Waals surface area (Å²) in [5.74, 6) is 0. The summed E-state index contributed by atoms with van der Waals surface area (Å²) in [5.41, 5.74) is 1.89. The summed E-state index contributed by atoms with van der Waals surface area (Å²) < 4.78 is 1.59. The van der Waals surface area contributed by atoms with Gasteiger partial charge in [-0.1, -0.05) is 12.1 Å². The van der Waals surface area contributed by atoms with Crippen molar-refractivity contribution in [2.75, 3.05) is 0 Å². The van der Waals surface area contributed by atoms with Gasteiger partial charge in [-0.3, -0.25) is 9.36 Å². The van der Waals surface area contributed by atoms with Crippen LogP contribution in [0.25, 0.3) is 5.69 Å². The Hall–Kier alpha value is -1.83. The Morgan fingerprint density at radius 2 is 2.07 bits per heavy atom. The lowest BCUT2D eigenvalue weighted by Gasteiger charge is -2.04. The van der Waals surface area contributed by atoms with Crippen LogP contribution in [0.4, 0.5) is 0 Å². The van der Waals surface area contributed by atoms with Gasteiger partial charge in [0.1, 0.15) is 0 Å². The molecular weight excluding hydrogens is 174 g/mol. The van der Waals surface area contributed by atoms with Crippen LogP contribution in [0.2, 0.25) is 0 Å². The van der Waals surface area contributed by atoms with Crippen molar-refractivity contribution in [1.82, 2.24) is 4.57 Å². The summed E-state index contributed by atoms with van der Waals surface area (Å²) in [6.07, 6.45) is 1.75. The summed E-state index contributed by atoms with van der Waals surface area (Å²) in [7, 11) is 0. The molecule has 2 rings (SSSR count). The molecule has 1 radical (unpaired) electrons. The van der Waals surface area contributed by atoms with Crippen molar-refractivity contribution in [3.05, 3.63) is 64.6 Å². The van der Waals surface area contributed by atoms with E-state index >= 15 is 0 Å². The molecule has 0 spiro atoms. The van der Waals surface area contributed by atoms with Gasteiger partial charge in [0.15, 0.2) is 0 Å². The quantitative estimate of drug-likeness (QED) is 0.664. The van der Waals surface area contributed by atoms with Crippen molar-refractivity contribution in [3.8, 4) is 5.69 Å². The second-order valence-electron chi connectivity index (χ2n) is 3.14. The van der Waals surface area contributed by atoms with Crippen LogP contribution in [0.1, 0.15) is 5.56 Å². The van der Waals surface area contributed by atoms with Crippen molar-refractivity contribution >= 4 is 0 Å². The zero-order chi connectivity index (χ0) is 9.97. The summed E-state index contributed by atoms with van der Waals surface area (Å²) in [4.78, 5) is 11.5. The lowest BCUT2D eigenvalue weighted by molar-refractivity contribution is 0.989. The lowest BCUT2D eigenvalue weighted by Crippen LogP contribution is -2.15. The molecular formula is C12H10NO. The molecule has 2 aromatic rings. The van der Waals surface area contributed by atoms with Gasteiger partial charge in [-0.15, -0.1) is 0 Å². The average Bonchev–Trinajstić information content (AvgIpc) is 2.20. The highest BCUT2D eigenvalue weighted by Gasteiger charge is 1.96. The molecule has 0 saturated carbocycles. The molecule has 0 aliphatic rings. The number of aryl methyl sites for hydroxylation is 1. The van der Waals surface area contributed by atoms with E-state index in [9.17, 15) is 4.79 Å². The first-order valence-corrected chi connectivity index (χ1v) is 4.44. The first kappa shape index (κ1) is 8.75. The predicted molar refractivity (Wildman–Crippen MR) is 55.6 cm³/mol. The van der Waals surface area contributed by atoms with Gasteiger partial charge in [-0.2, -0.15) is 0 Å². The number of benzene rings is 1. The Morgan fingerprint density at radius 1 is 1.21 bits per heavy atom. The van der Waals surface area contributed by atoms with Crippen LogP contribution in [0.15, 0.2) is 47.4 Å². The van der Waals surface area contributed by atoms with Crippen LogP contribution in [-0.2, 0) is 0 Å². The molecule has 0 saturated heterocycles. The number of aromatic nitrogens is 1. The second kappa shape index (κ2) is 3.50. The maximum absolute atomic E-state index is 11.5. The fourth-order valence-corrected chi connectivity index (χ4v) is 1.28. The van der Waals surface area contributed by atoms with Crippen molar-refractivity contribution in [2.24, 2.45) is 0 Å². The smallest absolute Gasteiger partial charge is 0.255 e. The van der Waals surface area contributed by atoms with Gasteiger partial charge in [0.2, 0.25) is 0 Å². The largest absolute Gasteiger partial charge is 0.284 e. The zero-order valence-corrected chi connectivity index (χ0v) is 7.90. The SMILES string of the molecule is Cc1[c]cc(-n2ccccc2=O)cc1. The van der Waals surface area contributed by atoms with Crippen LogP contribution < -0.4 is 5.56 Å². The molecule has 2 nitrogen and oxygen atoms in total. The van der Waals surface area contributed by atoms with E-state index in [1.165, 1.54) is 0 Å². The minimum absolute atomic E-state index is 0.0234. The predicted octanol–water partition coefficient (Wildman–Crippen LogP) is 1.95. The Kier molecular flexibility index (Phi) is 2.19. The van der Waals surface area contributed by atoms with E-state index in [1.807, 2.05) is 31.2 Å². The van der Waals surface area contributed by atoms with Gasteiger partial charge < -0.3 is 0 Å². The third-order valence-corrected chi connectivity index (χ3v) is 2.05. The summed E-state index contributed by atoms with van der Waals surface area (Å²) in [6, 6.07) is 13.8. The van der Waals surface area contributed by atoms with Crippen molar-refractivity contribution in [3.63, 3.8) is 0 Å². The first-order chi connectivity index (χ1) is 6.77. The fraction of sp³-hybridized carbons (Fsp3) is 0.0833. The van der Waals surface area contributed by atoms with Gasteiger partial charge >= 0.3 is 0 Å². The van der Waals surface area contributed by atoms with Crippen LogP contribution >= 0.6 is 0 Å². The van der Waals surface area contributed by atoms with E-state index in [0.717, 1.165) is 11.3 Å². The van der Waals surface area contributed by atoms with Gasteiger partial charge in [-0.05, 0) is 36.8 Å². The molecule has 14 heavy (non-hydrogen) atoms. The van der Waals surface area contributed by atoms with Crippen LogP contribution in [-0.4, -0.2) is 4.57 Å². The van der Waals surface area contributed by atoms with Crippen LogP contribution in [0, 0.1) is 13.0 Å².